The van der Waals surface area contributed by atoms with Gasteiger partial charge < -0.3 is 4.90 Å². The lowest BCUT2D eigenvalue weighted by molar-refractivity contribution is -0.121. The van der Waals surface area contributed by atoms with Gasteiger partial charge >= 0.3 is 0 Å². The summed E-state index contributed by atoms with van der Waals surface area (Å²) in [7, 11) is 1.83. The molecule has 0 bridgehead atoms. The largest absolute Gasteiger partial charge is 0.339 e. The summed E-state index contributed by atoms with van der Waals surface area (Å²) in [6.07, 6.45) is 2.82. The highest BCUT2D eigenvalue weighted by Crippen LogP contribution is 2.20. The van der Waals surface area contributed by atoms with Crippen LogP contribution in [-0.2, 0) is 4.79 Å². The van der Waals surface area contributed by atoms with Gasteiger partial charge in [-0.15, -0.1) is 0 Å². The van der Waals surface area contributed by atoms with Gasteiger partial charge in [-0.2, -0.15) is 0 Å². The second-order valence-electron chi connectivity index (χ2n) is 4.55. The Hall–Kier alpha value is -1.64. The standard InChI is InChI=1S/C14H17NO2/c1-15(12-7-9-13(16)10-8-12)14(17)11-5-3-2-4-6-11/h2-6,12H,7-10H2,1H3. The first kappa shape index (κ1) is 11.8. The van der Waals surface area contributed by atoms with Crippen molar-refractivity contribution in [2.45, 2.75) is 31.7 Å². The number of ketones is 1. The highest BCUT2D eigenvalue weighted by atomic mass is 16.2. The van der Waals surface area contributed by atoms with Crippen LogP contribution >= 0.6 is 0 Å². The van der Waals surface area contributed by atoms with Crippen molar-refractivity contribution < 1.29 is 9.59 Å². The Kier molecular flexibility index (Phi) is 3.57. The number of amides is 1. The number of Topliss-reactive ketones (excluding diaryl/α,β-unsaturated/α-hetero) is 1. The SMILES string of the molecule is CN(C(=O)c1ccccc1)C1CCC(=O)CC1. The molecule has 3 nitrogen and oxygen atoms in total. The average molecular weight is 231 g/mol. The van der Waals surface area contributed by atoms with E-state index in [0.29, 0.717) is 24.2 Å². The van der Waals surface area contributed by atoms with Crippen molar-refractivity contribution in [1.29, 1.82) is 0 Å². The maximum absolute atomic E-state index is 12.2. The van der Waals surface area contributed by atoms with E-state index in [2.05, 4.69) is 0 Å². The molecular weight excluding hydrogens is 214 g/mol. The van der Waals surface area contributed by atoms with Gasteiger partial charge in [-0.3, -0.25) is 9.59 Å². The second-order valence-corrected chi connectivity index (χ2v) is 4.55. The molecule has 0 unspecified atom stereocenters. The molecule has 0 aliphatic heterocycles. The number of carbonyl (C=O) groups excluding carboxylic acids is 2. The van der Waals surface area contributed by atoms with E-state index in [4.69, 9.17) is 0 Å². The van der Waals surface area contributed by atoms with Gasteiger partial charge in [0.1, 0.15) is 5.78 Å². The third kappa shape index (κ3) is 2.73. The quantitative estimate of drug-likeness (QED) is 0.783. The fourth-order valence-electron chi connectivity index (χ4n) is 2.26. The topological polar surface area (TPSA) is 37.4 Å². The molecule has 3 heteroatoms. The zero-order valence-electron chi connectivity index (χ0n) is 10.1. The molecule has 0 radical (unpaired) electrons. The molecule has 1 aromatic rings. The molecule has 1 aromatic carbocycles. The first-order chi connectivity index (χ1) is 8.18. The summed E-state index contributed by atoms with van der Waals surface area (Å²) in [5.74, 6) is 0.367. The summed E-state index contributed by atoms with van der Waals surface area (Å²) in [6.45, 7) is 0. The minimum absolute atomic E-state index is 0.0462. The van der Waals surface area contributed by atoms with Crippen LogP contribution in [0.1, 0.15) is 36.0 Å². The molecule has 0 spiro atoms. The summed E-state index contributed by atoms with van der Waals surface area (Å²) < 4.78 is 0. The predicted octanol–water partition coefficient (Wildman–Crippen LogP) is 2.27. The predicted molar refractivity (Wildman–Crippen MR) is 65.8 cm³/mol. The van der Waals surface area contributed by atoms with Crippen molar-refractivity contribution >= 4 is 11.7 Å². The molecule has 0 saturated heterocycles. The number of hydrogen-bond donors (Lipinski definition) is 0. The smallest absolute Gasteiger partial charge is 0.253 e. The maximum Gasteiger partial charge on any atom is 0.253 e. The molecule has 0 N–H and O–H groups in total. The monoisotopic (exact) mass is 231 g/mol. The van der Waals surface area contributed by atoms with Gasteiger partial charge in [0.05, 0.1) is 0 Å². The van der Waals surface area contributed by atoms with Gasteiger partial charge in [0.25, 0.3) is 5.91 Å². The molecule has 17 heavy (non-hydrogen) atoms. The number of carbonyl (C=O) groups is 2. The van der Waals surface area contributed by atoms with Crippen LogP contribution in [0, 0.1) is 0 Å². The Bertz CT molecular complexity index is 403. The van der Waals surface area contributed by atoms with E-state index in [1.807, 2.05) is 37.4 Å². The molecular formula is C14H17NO2. The molecule has 1 saturated carbocycles. The van der Waals surface area contributed by atoms with Crippen LogP contribution in [0.4, 0.5) is 0 Å². The molecule has 1 aliphatic rings. The van der Waals surface area contributed by atoms with Gasteiger partial charge in [-0.05, 0) is 25.0 Å². The summed E-state index contributed by atoms with van der Waals surface area (Å²) in [6, 6.07) is 9.49. The second kappa shape index (κ2) is 5.13. The van der Waals surface area contributed by atoms with Gasteiger partial charge in [-0.1, -0.05) is 18.2 Å². The molecule has 0 atom stereocenters. The zero-order valence-corrected chi connectivity index (χ0v) is 10.1. The van der Waals surface area contributed by atoms with Crippen LogP contribution in [0.25, 0.3) is 0 Å². The van der Waals surface area contributed by atoms with E-state index in [1.165, 1.54) is 0 Å². The molecule has 90 valence electrons. The Labute approximate surface area is 101 Å². The lowest BCUT2D eigenvalue weighted by Crippen LogP contribution is -2.39. The van der Waals surface area contributed by atoms with Crippen LogP contribution in [0.2, 0.25) is 0 Å². The third-order valence-electron chi connectivity index (χ3n) is 3.40. The minimum Gasteiger partial charge on any atom is -0.339 e. The fraction of sp³-hybridized carbons (Fsp3) is 0.429. The Morgan fingerprint density at radius 2 is 1.76 bits per heavy atom. The highest BCUT2D eigenvalue weighted by molar-refractivity contribution is 5.94. The van der Waals surface area contributed by atoms with E-state index < -0.39 is 0 Å². The van der Waals surface area contributed by atoms with Gasteiger partial charge in [0.2, 0.25) is 0 Å². The van der Waals surface area contributed by atoms with Crippen LogP contribution in [0.15, 0.2) is 30.3 Å². The number of nitrogens with zero attached hydrogens (tertiary/aromatic N) is 1. The van der Waals surface area contributed by atoms with Crippen molar-refractivity contribution in [3.63, 3.8) is 0 Å². The van der Waals surface area contributed by atoms with Crippen molar-refractivity contribution in [1.82, 2.24) is 4.90 Å². The van der Waals surface area contributed by atoms with Crippen molar-refractivity contribution in [2.75, 3.05) is 7.05 Å². The molecule has 0 aromatic heterocycles. The molecule has 0 heterocycles. The number of hydrogen-bond acceptors (Lipinski definition) is 2. The third-order valence-corrected chi connectivity index (χ3v) is 3.40. The van der Waals surface area contributed by atoms with Crippen LogP contribution in [0.5, 0.6) is 0 Å². The zero-order chi connectivity index (χ0) is 12.3. The first-order valence-electron chi connectivity index (χ1n) is 6.02. The molecule has 2 rings (SSSR count). The molecule has 1 fully saturated rings. The van der Waals surface area contributed by atoms with E-state index in [9.17, 15) is 9.59 Å². The summed E-state index contributed by atoms with van der Waals surface area (Å²) in [5, 5.41) is 0. The van der Waals surface area contributed by atoms with Crippen molar-refractivity contribution in [3.8, 4) is 0 Å². The summed E-state index contributed by atoms with van der Waals surface area (Å²) >= 11 is 0. The van der Waals surface area contributed by atoms with E-state index in [1.54, 1.807) is 4.90 Å². The maximum atomic E-state index is 12.2. The lowest BCUT2D eigenvalue weighted by Gasteiger charge is -2.30. The number of benzene rings is 1. The highest BCUT2D eigenvalue weighted by Gasteiger charge is 2.25. The lowest BCUT2D eigenvalue weighted by atomic mass is 9.93. The van der Waals surface area contributed by atoms with Gasteiger partial charge in [-0.25, -0.2) is 0 Å². The summed E-state index contributed by atoms with van der Waals surface area (Å²) in [4.78, 5) is 25.1. The summed E-state index contributed by atoms with van der Waals surface area (Å²) in [5.41, 5.74) is 0.715. The van der Waals surface area contributed by atoms with Crippen LogP contribution in [0.3, 0.4) is 0 Å². The Morgan fingerprint density at radius 3 is 2.35 bits per heavy atom. The van der Waals surface area contributed by atoms with Crippen molar-refractivity contribution in [2.24, 2.45) is 0 Å². The van der Waals surface area contributed by atoms with Crippen LogP contribution in [-0.4, -0.2) is 29.7 Å². The normalized spacial score (nSPS) is 16.9. The van der Waals surface area contributed by atoms with E-state index in [0.717, 1.165) is 12.8 Å². The Balaban J connectivity index is 2.03. The minimum atomic E-state index is 0.0462. The average Bonchev–Trinajstić information content (AvgIpc) is 2.39. The van der Waals surface area contributed by atoms with Gasteiger partial charge in [0.15, 0.2) is 0 Å². The van der Waals surface area contributed by atoms with Gasteiger partial charge in [0, 0.05) is 31.5 Å². The number of rotatable bonds is 2. The first-order valence-corrected chi connectivity index (χ1v) is 6.02. The Morgan fingerprint density at radius 1 is 1.18 bits per heavy atom. The van der Waals surface area contributed by atoms with Crippen molar-refractivity contribution in [3.05, 3.63) is 35.9 Å². The van der Waals surface area contributed by atoms with E-state index in [-0.39, 0.29) is 11.9 Å². The van der Waals surface area contributed by atoms with E-state index >= 15 is 0 Å². The molecule has 1 aliphatic carbocycles. The molecule has 1 amide bonds. The fourth-order valence-corrected chi connectivity index (χ4v) is 2.26. The van der Waals surface area contributed by atoms with Crippen LogP contribution < -0.4 is 0 Å².